The molecule has 0 saturated carbocycles. The van der Waals surface area contributed by atoms with E-state index in [1.165, 1.54) is 0 Å². The number of ether oxygens (including phenoxy) is 1. The fourth-order valence-electron chi connectivity index (χ4n) is 1.64. The molecular formula is C11H21NO. The fraction of sp³-hybridized carbons (Fsp3) is 0.818. The third kappa shape index (κ3) is 2.82. The number of rotatable bonds is 2. The first-order chi connectivity index (χ1) is 6.07. The molecule has 0 bridgehead atoms. The lowest BCUT2D eigenvalue weighted by Crippen LogP contribution is -2.39. The summed E-state index contributed by atoms with van der Waals surface area (Å²) in [4.78, 5) is 2.45. The lowest BCUT2D eigenvalue weighted by atomic mass is 9.91. The molecule has 13 heavy (non-hydrogen) atoms. The van der Waals surface area contributed by atoms with Crippen LogP contribution in [0.5, 0.6) is 0 Å². The largest absolute Gasteiger partial charge is 0.379 e. The molecule has 0 unspecified atom stereocenters. The van der Waals surface area contributed by atoms with Crippen molar-refractivity contribution in [3.8, 4) is 0 Å². The summed E-state index contributed by atoms with van der Waals surface area (Å²) in [6.07, 6.45) is 2.02. The maximum absolute atomic E-state index is 5.57. The van der Waals surface area contributed by atoms with Crippen molar-refractivity contribution in [3.05, 3.63) is 12.7 Å². The molecule has 0 aromatic heterocycles. The minimum atomic E-state index is 0.126. The summed E-state index contributed by atoms with van der Waals surface area (Å²) in [5, 5.41) is 0. The van der Waals surface area contributed by atoms with Gasteiger partial charge >= 0.3 is 0 Å². The van der Waals surface area contributed by atoms with E-state index in [-0.39, 0.29) is 5.41 Å². The van der Waals surface area contributed by atoms with Crippen LogP contribution < -0.4 is 0 Å². The minimum absolute atomic E-state index is 0.126. The van der Waals surface area contributed by atoms with E-state index in [0.717, 1.165) is 26.3 Å². The molecule has 0 aromatic carbocycles. The third-order valence-electron chi connectivity index (χ3n) is 2.74. The molecule has 2 heteroatoms. The highest BCUT2D eigenvalue weighted by molar-refractivity contribution is 4.95. The van der Waals surface area contributed by atoms with E-state index < -0.39 is 0 Å². The van der Waals surface area contributed by atoms with Crippen LogP contribution in [0.2, 0.25) is 0 Å². The van der Waals surface area contributed by atoms with E-state index in [0.29, 0.717) is 6.04 Å². The average Bonchev–Trinajstić information content (AvgIpc) is 2.28. The molecule has 76 valence electrons. The molecule has 1 fully saturated rings. The van der Waals surface area contributed by atoms with Gasteiger partial charge in [0.25, 0.3) is 0 Å². The summed E-state index contributed by atoms with van der Waals surface area (Å²) in [7, 11) is 0. The molecule has 1 aliphatic rings. The van der Waals surface area contributed by atoms with Crippen molar-refractivity contribution in [1.29, 1.82) is 0 Å². The van der Waals surface area contributed by atoms with Crippen LogP contribution in [-0.4, -0.2) is 37.2 Å². The summed E-state index contributed by atoms with van der Waals surface area (Å²) in [5.74, 6) is 0. The Kier molecular flexibility index (Phi) is 3.51. The van der Waals surface area contributed by atoms with E-state index in [2.05, 4.69) is 32.3 Å². The van der Waals surface area contributed by atoms with Crippen LogP contribution in [0.1, 0.15) is 20.8 Å². The zero-order chi connectivity index (χ0) is 9.90. The van der Waals surface area contributed by atoms with Crippen molar-refractivity contribution in [2.24, 2.45) is 5.41 Å². The molecule has 0 radical (unpaired) electrons. The molecule has 1 heterocycles. The number of hydrogen-bond acceptors (Lipinski definition) is 2. The van der Waals surface area contributed by atoms with Crippen molar-refractivity contribution in [1.82, 2.24) is 4.90 Å². The average molecular weight is 183 g/mol. The first kappa shape index (κ1) is 10.7. The molecule has 0 spiro atoms. The Labute approximate surface area is 81.6 Å². The fourth-order valence-corrected chi connectivity index (χ4v) is 1.64. The highest BCUT2D eigenvalue weighted by Crippen LogP contribution is 2.23. The van der Waals surface area contributed by atoms with Gasteiger partial charge in [-0.2, -0.15) is 0 Å². The maximum atomic E-state index is 5.57. The van der Waals surface area contributed by atoms with Gasteiger partial charge in [-0.25, -0.2) is 0 Å². The number of nitrogens with zero attached hydrogens (tertiary/aromatic N) is 1. The summed E-state index contributed by atoms with van der Waals surface area (Å²) < 4.78 is 5.57. The van der Waals surface area contributed by atoms with E-state index in [1.807, 2.05) is 6.08 Å². The second kappa shape index (κ2) is 4.25. The predicted molar refractivity (Wildman–Crippen MR) is 55.8 cm³/mol. The topological polar surface area (TPSA) is 12.5 Å². The van der Waals surface area contributed by atoms with Crippen LogP contribution in [0.15, 0.2) is 12.7 Å². The van der Waals surface area contributed by atoms with E-state index in [9.17, 15) is 0 Å². The number of hydrogen-bond donors (Lipinski definition) is 0. The zero-order valence-electron chi connectivity index (χ0n) is 9.05. The standard InChI is InChI=1S/C11H21NO/c1-5-11(4)8-12(10(2)3)6-7-13-9-11/h5,10H,1,6-9H2,2-4H3/t11-/m0/s1. The van der Waals surface area contributed by atoms with Crippen molar-refractivity contribution >= 4 is 0 Å². The van der Waals surface area contributed by atoms with Crippen LogP contribution in [0.3, 0.4) is 0 Å². The van der Waals surface area contributed by atoms with Crippen molar-refractivity contribution < 1.29 is 4.74 Å². The van der Waals surface area contributed by atoms with Gasteiger partial charge in [-0.05, 0) is 13.8 Å². The van der Waals surface area contributed by atoms with Crippen LogP contribution in [0.4, 0.5) is 0 Å². The Morgan fingerprint density at radius 2 is 2.23 bits per heavy atom. The zero-order valence-corrected chi connectivity index (χ0v) is 9.05. The second-order valence-corrected chi connectivity index (χ2v) is 4.47. The van der Waals surface area contributed by atoms with Gasteiger partial charge in [-0.15, -0.1) is 6.58 Å². The molecule has 1 rings (SSSR count). The Morgan fingerprint density at radius 1 is 1.54 bits per heavy atom. The van der Waals surface area contributed by atoms with Gasteiger partial charge in [0.15, 0.2) is 0 Å². The van der Waals surface area contributed by atoms with E-state index in [4.69, 9.17) is 4.74 Å². The second-order valence-electron chi connectivity index (χ2n) is 4.47. The van der Waals surface area contributed by atoms with Crippen LogP contribution in [0, 0.1) is 5.41 Å². The van der Waals surface area contributed by atoms with Crippen LogP contribution in [-0.2, 0) is 4.74 Å². The first-order valence-corrected chi connectivity index (χ1v) is 5.03. The Hall–Kier alpha value is -0.340. The molecule has 1 aliphatic heterocycles. The Bertz CT molecular complexity index is 179. The summed E-state index contributed by atoms with van der Waals surface area (Å²) in [6.45, 7) is 14.3. The quantitative estimate of drug-likeness (QED) is 0.606. The summed E-state index contributed by atoms with van der Waals surface area (Å²) in [6, 6.07) is 0.598. The smallest absolute Gasteiger partial charge is 0.0594 e. The van der Waals surface area contributed by atoms with Gasteiger partial charge in [0.2, 0.25) is 0 Å². The van der Waals surface area contributed by atoms with Gasteiger partial charge in [0.1, 0.15) is 0 Å². The minimum Gasteiger partial charge on any atom is -0.379 e. The third-order valence-corrected chi connectivity index (χ3v) is 2.74. The summed E-state index contributed by atoms with van der Waals surface area (Å²) in [5.41, 5.74) is 0.126. The van der Waals surface area contributed by atoms with Crippen LogP contribution in [0.25, 0.3) is 0 Å². The molecule has 1 atom stereocenters. The van der Waals surface area contributed by atoms with Crippen molar-refractivity contribution in [2.45, 2.75) is 26.8 Å². The summed E-state index contributed by atoms with van der Waals surface area (Å²) >= 11 is 0. The molecule has 0 amide bonds. The molecule has 0 N–H and O–H groups in total. The molecular weight excluding hydrogens is 162 g/mol. The highest BCUT2D eigenvalue weighted by atomic mass is 16.5. The Balaban J connectivity index is 2.64. The van der Waals surface area contributed by atoms with Gasteiger partial charge in [-0.1, -0.05) is 13.0 Å². The Morgan fingerprint density at radius 3 is 2.77 bits per heavy atom. The maximum Gasteiger partial charge on any atom is 0.0594 e. The lowest BCUT2D eigenvalue weighted by Gasteiger charge is -2.31. The molecule has 0 aromatic rings. The SMILES string of the molecule is C=C[C@]1(C)COCCN(C(C)C)C1. The molecule has 1 saturated heterocycles. The monoisotopic (exact) mass is 183 g/mol. The van der Waals surface area contributed by atoms with Crippen LogP contribution >= 0.6 is 0 Å². The van der Waals surface area contributed by atoms with Gasteiger partial charge in [0, 0.05) is 24.5 Å². The lowest BCUT2D eigenvalue weighted by molar-refractivity contribution is 0.102. The first-order valence-electron chi connectivity index (χ1n) is 5.03. The van der Waals surface area contributed by atoms with E-state index >= 15 is 0 Å². The predicted octanol–water partition coefficient (Wildman–Crippen LogP) is 1.92. The van der Waals surface area contributed by atoms with Gasteiger partial charge in [0.05, 0.1) is 13.2 Å². The van der Waals surface area contributed by atoms with E-state index in [1.54, 1.807) is 0 Å². The molecule has 0 aliphatic carbocycles. The molecule has 2 nitrogen and oxygen atoms in total. The van der Waals surface area contributed by atoms with Gasteiger partial charge in [-0.3, -0.25) is 4.90 Å². The van der Waals surface area contributed by atoms with Gasteiger partial charge < -0.3 is 4.74 Å². The normalized spacial score (nSPS) is 31.7. The van der Waals surface area contributed by atoms with Crippen molar-refractivity contribution in [3.63, 3.8) is 0 Å². The van der Waals surface area contributed by atoms with Crippen molar-refractivity contribution in [2.75, 3.05) is 26.3 Å². The highest BCUT2D eigenvalue weighted by Gasteiger charge is 2.27.